The molecule has 0 amide bonds. The minimum atomic E-state index is -0.643. The van der Waals surface area contributed by atoms with Gasteiger partial charge in [-0.25, -0.2) is 0 Å². The molecular weight excluding hydrogens is 280 g/mol. The zero-order valence-corrected chi connectivity index (χ0v) is 11.8. The van der Waals surface area contributed by atoms with Crippen LogP contribution in [-0.4, -0.2) is 32.5 Å². The van der Waals surface area contributed by atoms with E-state index in [1.807, 2.05) is 6.92 Å². The Bertz CT molecular complexity index is 581. The van der Waals surface area contributed by atoms with E-state index in [0.717, 1.165) is 0 Å². The van der Waals surface area contributed by atoms with Gasteiger partial charge in [-0.15, -0.1) is 11.3 Å². The molecule has 2 N–H and O–H groups in total. The summed E-state index contributed by atoms with van der Waals surface area (Å²) in [5.41, 5.74) is -0.0702. The second-order valence-electron chi connectivity index (χ2n) is 4.47. The Balaban J connectivity index is 1.74. The molecule has 0 spiro atoms. The summed E-state index contributed by atoms with van der Waals surface area (Å²) < 4.78 is 1.37. The van der Waals surface area contributed by atoms with Crippen LogP contribution in [0.25, 0.3) is 0 Å². The summed E-state index contributed by atoms with van der Waals surface area (Å²) >= 11 is 1.71. The van der Waals surface area contributed by atoms with Gasteiger partial charge in [0, 0.05) is 22.8 Å². The maximum atomic E-state index is 10.5. The molecule has 8 heteroatoms. The number of nitrogens with one attached hydrogen (secondary N) is 1. The number of nitro groups is 1. The van der Waals surface area contributed by atoms with Gasteiger partial charge in [0.1, 0.15) is 12.4 Å². The molecule has 0 bridgehead atoms. The normalized spacial score (nSPS) is 12.5. The lowest BCUT2D eigenvalue weighted by Crippen LogP contribution is -2.29. The second kappa shape index (κ2) is 6.60. The fourth-order valence-corrected chi connectivity index (χ4v) is 2.63. The van der Waals surface area contributed by atoms with Gasteiger partial charge in [0.25, 0.3) is 0 Å². The molecule has 7 nitrogen and oxygen atoms in total. The maximum Gasteiger partial charge on any atom is 0.306 e. The van der Waals surface area contributed by atoms with Gasteiger partial charge >= 0.3 is 5.69 Å². The third kappa shape index (κ3) is 4.12. The first kappa shape index (κ1) is 14.6. The van der Waals surface area contributed by atoms with E-state index < -0.39 is 11.0 Å². The quantitative estimate of drug-likeness (QED) is 0.593. The van der Waals surface area contributed by atoms with E-state index in [9.17, 15) is 15.2 Å². The number of nitrogens with zero attached hydrogens (tertiary/aromatic N) is 3. The number of hydrogen-bond acceptors (Lipinski definition) is 6. The molecule has 2 heterocycles. The van der Waals surface area contributed by atoms with Crippen molar-refractivity contribution in [3.63, 3.8) is 0 Å². The molecule has 0 saturated carbocycles. The Kier molecular flexibility index (Phi) is 4.83. The van der Waals surface area contributed by atoms with Gasteiger partial charge in [-0.05, 0) is 19.1 Å². The number of thiophene rings is 1. The van der Waals surface area contributed by atoms with Crippen LogP contribution in [0.1, 0.15) is 9.75 Å². The highest BCUT2D eigenvalue weighted by atomic mass is 32.1. The van der Waals surface area contributed by atoms with Crippen molar-refractivity contribution in [3.8, 4) is 0 Å². The van der Waals surface area contributed by atoms with Crippen molar-refractivity contribution in [2.24, 2.45) is 0 Å². The number of hydrogen-bond donors (Lipinski definition) is 2. The van der Waals surface area contributed by atoms with E-state index in [-0.39, 0.29) is 12.2 Å². The van der Waals surface area contributed by atoms with Crippen molar-refractivity contribution in [3.05, 3.63) is 44.4 Å². The molecule has 0 aliphatic rings. The Morgan fingerprint density at radius 3 is 3.00 bits per heavy atom. The van der Waals surface area contributed by atoms with Gasteiger partial charge in [-0.3, -0.25) is 14.8 Å². The molecule has 0 aliphatic heterocycles. The summed E-state index contributed by atoms with van der Waals surface area (Å²) in [5.74, 6) is 0. The molecule has 108 valence electrons. The monoisotopic (exact) mass is 296 g/mol. The predicted molar refractivity (Wildman–Crippen MR) is 75.7 cm³/mol. The lowest BCUT2D eigenvalue weighted by atomic mass is 10.3. The first-order valence-corrected chi connectivity index (χ1v) is 6.97. The molecule has 1 unspecified atom stereocenters. The minimum absolute atomic E-state index is 0.0702. The zero-order valence-electron chi connectivity index (χ0n) is 11.0. The average molecular weight is 296 g/mol. The Labute approximate surface area is 120 Å². The van der Waals surface area contributed by atoms with Gasteiger partial charge in [0.2, 0.25) is 0 Å². The third-order valence-corrected chi connectivity index (χ3v) is 3.70. The number of rotatable bonds is 7. The summed E-state index contributed by atoms with van der Waals surface area (Å²) in [4.78, 5) is 12.5. The van der Waals surface area contributed by atoms with E-state index in [1.165, 1.54) is 26.8 Å². The number of aryl methyl sites for hydroxylation is 1. The van der Waals surface area contributed by atoms with Crippen molar-refractivity contribution in [1.29, 1.82) is 0 Å². The van der Waals surface area contributed by atoms with Crippen molar-refractivity contribution in [2.45, 2.75) is 26.1 Å². The van der Waals surface area contributed by atoms with Crippen LogP contribution in [0.15, 0.2) is 24.5 Å². The van der Waals surface area contributed by atoms with Gasteiger partial charge < -0.3 is 10.4 Å². The number of aliphatic hydroxyl groups excluding tert-OH is 1. The molecule has 0 saturated heterocycles. The Morgan fingerprint density at radius 1 is 1.60 bits per heavy atom. The van der Waals surface area contributed by atoms with Crippen molar-refractivity contribution < 1.29 is 10.0 Å². The molecule has 20 heavy (non-hydrogen) atoms. The fourth-order valence-electron chi connectivity index (χ4n) is 1.77. The summed E-state index contributed by atoms with van der Waals surface area (Å²) in [6, 6.07) is 4.11. The van der Waals surface area contributed by atoms with Gasteiger partial charge in [-0.2, -0.15) is 5.10 Å². The van der Waals surface area contributed by atoms with Crippen LogP contribution in [0.4, 0.5) is 5.69 Å². The van der Waals surface area contributed by atoms with E-state index in [1.54, 1.807) is 11.3 Å². The second-order valence-corrected chi connectivity index (χ2v) is 5.85. The maximum absolute atomic E-state index is 10.5. The number of aliphatic hydroxyl groups is 1. The van der Waals surface area contributed by atoms with Crippen LogP contribution in [-0.2, 0) is 13.1 Å². The largest absolute Gasteiger partial charge is 0.390 e. The lowest BCUT2D eigenvalue weighted by Gasteiger charge is -2.11. The smallest absolute Gasteiger partial charge is 0.306 e. The highest BCUT2D eigenvalue weighted by molar-refractivity contribution is 7.11. The lowest BCUT2D eigenvalue weighted by molar-refractivity contribution is -0.385. The van der Waals surface area contributed by atoms with E-state index in [2.05, 4.69) is 22.5 Å². The standard InChI is InChI=1S/C12H16N4O3S/c1-9-2-3-12(20-9)6-13-5-11(17)8-15-7-10(4-14-15)16(18)19/h2-4,7,11,13,17H,5-6,8H2,1H3. The molecule has 0 aliphatic carbocycles. The van der Waals surface area contributed by atoms with E-state index in [0.29, 0.717) is 13.1 Å². The Morgan fingerprint density at radius 2 is 2.40 bits per heavy atom. The molecule has 0 radical (unpaired) electrons. The van der Waals surface area contributed by atoms with Crippen molar-refractivity contribution in [2.75, 3.05) is 6.54 Å². The molecule has 2 aromatic heterocycles. The van der Waals surface area contributed by atoms with Crippen LogP contribution < -0.4 is 5.32 Å². The average Bonchev–Trinajstić information content (AvgIpc) is 2.99. The van der Waals surface area contributed by atoms with Crippen LogP contribution in [0.3, 0.4) is 0 Å². The molecule has 0 aromatic carbocycles. The minimum Gasteiger partial charge on any atom is -0.390 e. The number of aromatic nitrogens is 2. The van der Waals surface area contributed by atoms with Crippen LogP contribution >= 0.6 is 11.3 Å². The molecule has 0 fully saturated rings. The van der Waals surface area contributed by atoms with Crippen LogP contribution in [0.2, 0.25) is 0 Å². The molecule has 2 aromatic rings. The van der Waals surface area contributed by atoms with Gasteiger partial charge in [-0.1, -0.05) is 0 Å². The fraction of sp³-hybridized carbons (Fsp3) is 0.417. The Hall–Kier alpha value is -1.77. The van der Waals surface area contributed by atoms with Crippen molar-refractivity contribution >= 4 is 17.0 Å². The van der Waals surface area contributed by atoms with E-state index in [4.69, 9.17) is 0 Å². The van der Waals surface area contributed by atoms with Crippen LogP contribution in [0, 0.1) is 17.0 Å². The summed E-state index contributed by atoms with van der Waals surface area (Å²) in [5, 5.41) is 27.3. The highest BCUT2D eigenvalue weighted by Crippen LogP contribution is 2.14. The predicted octanol–water partition coefficient (Wildman–Crippen LogP) is 1.31. The zero-order chi connectivity index (χ0) is 14.5. The molecular formula is C12H16N4O3S. The van der Waals surface area contributed by atoms with Gasteiger partial charge in [0.05, 0.1) is 17.6 Å². The third-order valence-electron chi connectivity index (χ3n) is 2.70. The summed E-state index contributed by atoms with van der Waals surface area (Å²) in [7, 11) is 0. The topological polar surface area (TPSA) is 93.2 Å². The molecule has 2 rings (SSSR count). The first-order chi connectivity index (χ1) is 9.54. The SMILES string of the molecule is Cc1ccc(CNCC(O)Cn2cc([N+](=O)[O-])cn2)s1. The van der Waals surface area contributed by atoms with Crippen LogP contribution in [0.5, 0.6) is 0 Å². The first-order valence-electron chi connectivity index (χ1n) is 6.15. The van der Waals surface area contributed by atoms with Crippen molar-refractivity contribution in [1.82, 2.24) is 15.1 Å². The summed E-state index contributed by atoms with van der Waals surface area (Å²) in [6.07, 6.45) is 1.84. The van der Waals surface area contributed by atoms with Gasteiger partial charge in [0.15, 0.2) is 0 Å². The molecule has 1 atom stereocenters. The summed E-state index contributed by atoms with van der Waals surface area (Å²) in [6.45, 7) is 3.39. The highest BCUT2D eigenvalue weighted by Gasteiger charge is 2.11. The van der Waals surface area contributed by atoms with E-state index >= 15 is 0 Å².